The number of carbonyl (C=O) groups excluding carboxylic acids is 2. The molecule has 3 N–H and O–H groups in total. The number of anilines is 2. The smallest absolute Gasteiger partial charge is 0.318 e. The fourth-order valence-corrected chi connectivity index (χ4v) is 3.81. The van der Waals surface area contributed by atoms with E-state index in [0.29, 0.717) is 21.9 Å². The molecule has 8 heteroatoms. The number of aryl methyl sites for hydroxylation is 1. The molecule has 0 saturated heterocycles. The Morgan fingerprint density at radius 3 is 2.32 bits per heavy atom. The average molecular weight is 372 g/mol. The van der Waals surface area contributed by atoms with Crippen LogP contribution in [0.1, 0.15) is 15.4 Å². The molecule has 0 bridgehead atoms. The summed E-state index contributed by atoms with van der Waals surface area (Å²) < 4.78 is 0. The van der Waals surface area contributed by atoms with Gasteiger partial charge in [0.2, 0.25) is 0 Å². The molecule has 0 spiro atoms. The first kappa shape index (κ1) is 17.1. The zero-order valence-electron chi connectivity index (χ0n) is 13.6. The third kappa shape index (κ3) is 4.04. The molecule has 0 saturated carbocycles. The summed E-state index contributed by atoms with van der Waals surface area (Å²) in [5.74, 6) is -0.191. The van der Waals surface area contributed by atoms with Crippen LogP contribution in [0, 0.1) is 6.92 Å². The highest BCUT2D eigenvalue weighted by atomic mass is 32.1. The minimum Gasteiger partial charge on any atom is -0.341 e. The number of aromatic nitrogens is 1. The first-order valence-electron chi connectivity index (χ1n) is 7.47. The summed E-state index contributed by atoms with van der Waals surface area (Å²) in [5, 5.41) is 12.8. The molecular weight excluding hydrogens is 356 g/mol. The number of urea groups is 1. The Balaban J connectivity index is 1.71. The maximum atomic E-state index is 12.5. The molecule has 3 amide bonds. The van der Waals surface area contributed by atoms with Crippen molar-refractivity contribution in [3.05, 3.63) is 51.7 Å². The number of rotatable bonds is 4. The zero-order chi connectivity index (χ0) is 17.8. The van der Waals surface area contributed by atoms with E-state index >= 15 is 0 Å². The van der Waals surface area contributed by atoms with Crippen molar-refractivity contribution in [1.29, 1.82) is 0 Å². The number of nitrogens with zero attached hydrogens (tertiary/aromatic N) is 1. The van der Waals surface area contributed by atoms with E-state index in [1.807, 2.05) is 23.8 Å². The molecule has 128 valence electrons. The molecule has 0 unspecified atom stereocenters. The highest BCUT2D eigenvalue weighted by molar-refractivity contribution is 7.17. The van der Waals surface area contributed by atoms with Gasteiger partial charge in [-0.15, -0.1) is 11.3 Å². The second kappa shape index (κ2) is 7.45. The van der Waals surface area contributed by atoms with Gasteiger partial charge in [0, 0.05) is 29.4 Å². The molecule has 2 aromatic heterocycles. The topological polar surface area (TPSA) is 83.1 Å². The molecule has 0 aliphatic carbocycles. The standard InChI is InChI=1S/C17H16N4O2S2/c1-10-14(25-16(19-10)11-7-8-24-9-11)15(22)20-12-3-5-13(6-4-12)21-17(23)18-2/h3-9H,1-2H3,(H,20,22)(H2,18,21,23). The van der Waals surface area contributed by atoms with Gasteiger partial charge in [0.15, 0.2) is 0 Å². The van der Waals surface area contributed by atoms with Crippen molar-refractivity contribution in [1.82, 2.24) is 10.3 Å². The van der Waals surface area contributed by atoms with Gasteiger partial charge in [0.25, 0.3) is 5.91 Å². The molecule has 1 aromatic carbocycles. The number of thiazole rings is 1. The van der Waals surface area contributed by atoms with Gasteiger partial charge in [-0.25, -0.2) is 9.78 Å². The van der Waals surface area contributed by atoms with Gasteiger partial charge in [0.1, 0.15) is 9.88 Å². The van der Waals surface area contributed by atoms with Crippen molar-refractivity contribution in [3.63, 3.8) is 0 Å². The summed E-state index contributed by atoms with van der Waals surface area (Å²) in [6, 6.07) is 8.61. The average Bonchev–Trinajstić information content (AvgIpc) is 3.26. The lowest BCUT2D eigenvalue weighted by molar-refractivity contribution is 0.103. The van der Waals surface area contributed by atoms with Crippen LogP contribution in [0.5, 0.6) is 0 Å². The number of nitrogens with one attached hydrogen (secondary N) is 3. The van der Waals surface area contributed by atoms with Gasteiger partial charge in [-0.3, -0.25) is 4.79 Å². The van der Waals surface area contributed by atoms with Crippen LogP contribution in [0.25, 0.3) is 10.6 Å². The minimum absolute atomic E-state index is 0.191. The number of thiophene rings is 1. The normalized spacial score (nSPS) is 10.3. The predicted molar refractivity (Wildman–Crippen MR) is 103 cm³/mol. The molecule has 0 atom stereocenters. The third-order valence-electron chi connectivity index (χ3n) is 3.40. The molecule has 0 radical (unpaired) electrons. The number of carbonyl (C=O) groups is 2. The molecule has 3 rings (SSSR count). The minimum atomic E-state index is -0.293. The molecule has 0 fully saturated rings. The Kier molecular flexibility index (Phi) is 5.11. The number of benzene rings is 1. The first-order valence-corrected chi connectivity index (χ1v) is 9.23. The van der Waals surface area contributed by atoms with E-state index in [-0.39, 0.29) is 11.9 Å². The molecule has 0 aliphatic heterocycles. The maximum absolute atomic E-state index is 12.5. The summed E-state index contributed by atoms with van der Waals surface area (Å²) in [4.78, 5) is 28.9. The van der Waals surface area contributed by atoms with E-state index in [1.165, 1.54) is 11.3 Å². The van der Waals surface area contributed by atoms with Crippen LogP contribution in [-0.2, 0) is 0 Å². The fraction of sp³-hybridized carbons (Fsp3) is 0.118. The van der Waals surface area contributed by atoms with Gasteiger partial charge >= 0.3 is 6.03 Å². The molecule has 2 heterocycles. The van der Waals surface area contributed by atoms with Gasteiger partial charge in [0.05, 0.1) is 5.69 Å². The largest absolute Gasteiger partial charge is 0.341 e. The lowest BCUT2D eigenvalue weighted by atomic mass is 10.2. The van der Waals surface area contributed by atoms with Crippen LogP contribution in [0.3, 0.4) is 0 Å². The van der Waals surface area contributed by atoms with Crippen LogP contribution in [0.4, 0.5) is 16.2 Å². The monoisotopic (exact) mass is 372 g/mol. The van der Waals surface area contributed by atoms with Gasteiger partial charge in [-0.2, -0.15) is 11.3 Å². The van der Waals surface area contributed by atoms with E-state index in [0.717, 1.165) is 10.6 Å². The maximum Gasteiger partial charge on any atom is 0.318 e. The molecule has 25 heavy (non-hydrogen) atoms. The van der Waals surface area contributed by atoms with Crippen molar-refractivity contribution in [2.75, 3.05) is 17.7 Å². The zero-order valence-corrected chi connectivity index (χ0v) is 15.3. The second-order valence-corrected chi connectivity index (χ2v) is 6.96. The Morgan fingerprint density at radius 1 is 1.04 bits per heavy atom. The predicted octanol–water partition coefficient (Wildman–Crippen LogP) is 4.18. The van der Waals surface area contributed by atoms with E-state index in [9.17, 15) is 9.59 Å². The fourth-order valence-electron chi connectivity index (χ4n) is 2.14. The molecule has 6 nitrogen and oxygen atoms in total. The van der Waals surface area contributed by atoms with Gasteiger partial charge < -0.3 is 16.0 Å². The molecular formula is C17H16N4O2S2. The molecule has 3 aromatic rings. The van der Waals surface area contributed by atoms with E-state index in [1.54, 1.807) is 42.6 Å². The lowest BCUT2D eigenvalue weighted by Gasteiger charge is -2.07. The summed E-state index contributed by atoms with van der Waals surface area (Å²) in [5.41, 5.74) is 3.03. The Morgan fingerprint density at radius 2 is 1.72 bits per heavy atom. The van der Waals surface area contributed by atoms with Gasteiger partial charge in [-0.1, -0.05) is 0 Å². The van der Waals surface area contributed by atoms with E-state index in [2.05, 4.69) is 20.9 Å². The van der Waals surface area contributed by atoms with Gasteiger partial charge in [-0.05, 0) is 42.6 Å². The first-order chi connectivity index (χ1) is 12.1. The van der Waals surface area contributed by atoms with E-state index < -0.39 is 0 Å². The van der Waals surface area contributed by atoms with Crippen LogP contribution in [0.15, 0.2) is 41.1 Å². The Labute approximate surface area is 152 Å². The Bertz CT molecular complexity index is 886. The van der Waals surface area contributed by atoms with E-state index in [4.69, 9.17) is 0 Å². The Hall–Kier alpha value is -2.71. The highest BCUT2D eigenvalue weighted by Crippen LogP contribution is 2.30. The quantitative estimate of drug-likeness (QED) is 0.642. The number of hydrogen-bond acceptors (Lipinski definition) is 5. The van der Waals surface area contributed by atoms with Crippen molar-refractivity contribution in [2.24, 2.45) is 0 Å². The van der Waals surface area contributed by atoms with Crippen LogP contribution in [0.2, 0.25) is 0 Å². The van der Waals surface area contributed by atoms with Crippen molar-refractivity contribution in [2.45, 2.75) is 6.92 Å². The number of amides is 3. The third-order valence-corrected chi connectivity index (χ3v) is 5.29. The van der Waals surface area contributed by atoms with Crippen molar-refractivity contribution in [3.8, 4) is 10.6 Å². The lowest BCUT2D eigenvalue weighted by Crippen LogP contribution is -2.24. The summed E-state index contributed by atoms with van der Waals surface area (Å²) in [7, 11) is 1.55. The van der Waals surface area contributed by atoms with Crippen LogP contribution < -0.4 is 16.0 Å². The summed E-state index contributed by atoms with van der Waals surface area (Å²) in [6.07, 6.45) is 0. The van der Waals surface area contributed by atoms with Crippen molar-refractivity contribution < 1.29 is 9.59 Å². The highest BCUT2D eigenvalue weighted by Gasteiger charge is 2.16. The molecule has 0 aliphatic rings. The van der Waals surface area contributed by atoms with Crippen molar-refractivity contribution >= 4 is 46.0 Å². The second-order valence-electron chi connectivity index (χ2n) is 5.18. The van der Waals surface area contributed by atoms with Crippen LogP contribution in [-0.4, -0.2) is 24.0 Å². The summed E-state index contributed by atoms with van der Waals surface area (Å²) in [6.45, 7) is 1.83. The summed E-state index contributed by atoms with van der Waals surface area (Å²) >= 11 is 2.98. The SMILES string of the molecule is CNC(=O)Nc1ccc(NC(=O)c2sc(-c3ccsc3)nc2C)cc1. The van der Waals surface area contributed by atoms with Crippen LogP contribution >= 0.6 is 22.7 Å². The number of hydrogen-bond donors (Lipinski definition) is 3.